The van der Waals surface area contributed by atoms with Crippen LogP contribution in [0.25, 0.3) is 0 Å². The Bertz CT molecular complexity index is 804. The molecular formula is C20H21NO5S. The molecule has 2 aromatic rings. The molecule has 6 nitrogen and oxygen atoms in total. The number of benzene rings is 2. The molecule has 2 aromatic carbocycles. The van der Waals surface area contributed by atoms with Gasteiger partial charge in [0.1, 0.15) is 0 Å². The fourth-order valence-corrected chi connectivity index (χ4v) is 3.10. The second-order valence-electron chi connectivity index (χ2n) is 5.65. The Morgan fingerprint density at radius 3 is 2.22 bits per heavy atom. The molecule has 0 spiro atoms. The summed E-state index contributed by atoms with van der Waals surface area (Å²) in [5.74, 6) is 0.0756. The molecule has 27 heavy (non-hydrogen) atoms. The van der Waals surface area contributed by atoms with Crippen molar-refractivity contribution in [2.45, 2.75) is 12.3 Å². The summed E-state index contributed by atoms with van der Waals surface area (Å²) in [5.41, 5.74) is 2.81. The molecule has 0 saturated carbocycles. The lowest BCUT2D eigenvalue weighted by molar-refractivity contribution is -0.118. The summed E-state index contributed by atoms with van der Waals surface area (Å²) in [7, 11) is 2.68. The number of ether oxygens (including phenoxy) is 2. The minimum Gasteiger partial charge on any atom is -0.465 e. The summed E-state index contributed by atoms with van der Waals surface area (Å²) in [6, 6.07) is 14.0. The van der Waals surface area contributed by atoms with Crippen molar-refractivity contribution in [3.05, 3.63) is 70.8 Å². The van der Waals surface area contributed by atoms with Crippen LogP contribution in [0.5, 0.6) is 0 Å². The van der Waals surface area contributed by atoms with E-state index >= 15 is 0 Å². The number of amides is 1. The van der Waals surface area contributed by atoms with Crippen molar-refractivity contribution >= 4 is 29.6 Å². The highest BCUT2D eigenvalue weighted by Crippen LogP contribution is 2.14. The van der Waals surface area contributed by atoms with Gasteiger partial charge < -0.3 is 14.8 Å². The smallest absolute Gasteiger partial charge is 0.337 e. The lowest BCUT2D eigenvalue weighted by Crippen LogP contribution is -2.24. The van der Waals surface area contributed by atoms with Gasteiger partial charge in [0.2, 0.25) is 5.91 Å². The van der Waals surface area contributed by atoms with Gasteiger partial charge in [0, 0.05) is 12.3 Å². The first-order valence-electron chi connectivity index (χ1n) is 8.22. The van der Waals surface area contributed by atoms with Crippen molar-refractivity contribution in [2.24, 2.45) is 0 Å². The lowest BCUT2D eigenvalue weighted by atomic mass is 10.1. The Balaban J connectivity index is 1.75. The van der Waals surface area contributed by atoms with E-state index in [2.05, 4.69) is 10.1 Å². The SMILES string of the molecule is COC(=O)c1ccc(CNC(=O)CSCc2cccc(C(=O)OC)c2)cc1. The molecule has 0 aliphatic carbocycles. The maximum Gasteiger partial charge on any atom is 0.337 e. The maximum atomic E-state index is 12.0. The van der Waals surface area contributed by atoms with Crippen molar-refractivity contribution in [3.8, 4) is 0 Å². The number of methoxy groups -OCH3 is 2. The Morgan fingerprint density at radius 1 is 0.889 bits per heavy atom. The Labute approximate surface area is 162 Å². The van der Waals surface area contributed by atoms with Crippen molar-refractivity contribution in [1.29, 1.82) is 0 Å². The highest BCUT2D eigenvalue weighted by Gasteiger charge is 2.08. The van der Waals surface area contributed by atoms with Gasteiger partial charge in [-0.15, -0.1) is 11.8 Å². The van der Waals surface area contributed by atoms with Crippen molar-refractivity contribution in [2.75, 3.05) is 20.0 Å². The fourth-order valence-electron chi connectivity index (χ4n) is 2.30. The van der Waals surface area contributed by atoms with E-state index in [1.807, 2.05) is 6.07 Å². The summed E-state index contributed by atoms with van der Waals surface area (Å²) in [4.78, 5) is 34.9. The second-order valence-corrected chi connectivity index (χ2v) is 6.64. The molecule has 7 heteroatoms. The highest BCUT2D eigenvalue weighted by molar-refractivity contribution is 7.99. The van der Waals surface area contributed by atoms with Crippen LogP contribution in [0.1, 0.15) is 31.8 Å². The topological polar surface area (TPSA) is 81.7 Å². The van der Waals surface area contributed by atoms with Gasteiger partial charge >= 0.3 is 11.9 Å². The van der Waals surface area contributed by atoms with E-state index in [1.54, 1.807) is 42.5 Å². The highest BCUT2D eigenvalue weighted by atomic mass is 32.2. The van der Waals surface area contributed by atoms with Gasteiger partial charge in [0.05, 0.1) is 31.1 Å². The molecule has 142 valence electrons. The summed E-state index contributed by atoms with van der Waals surface area (Å²) in [5, 5.41) is 2.84. The Morgan fingerprint density at radius 2 is 1.56 bits per heavy atom. The predicted molar refractivity (Wildman–Crippen MR) is 104 cm³/mol. The number of rotatable bonds is 8. The third-order valence-corrected chi connectivity index (χ3v) is 4.72. The number of hydrogen-bond acceptors (Lipinski definition) is 6. The van der Waals surface area contributed by atoms with Crippen LogP contribution in [-0.2, 0) is 26.6 Å². The van der Waals surface area contributed by atoms with Gasteiger partial charge in [-0.2, -0.15) is 0 Å². The molecule has 1 amide bonds. The first-order chi connectivity index (χ1) is 13.0. The monoisotopic (exact) mass is 387 g/mol. The number of carbonyl (C=O) groups is 3. The first kappa shape index (κ1) is 20.5. The maximum absolute atomic E-state index is 12.0. The zero-order valence-corrected chi connectivity index (χ0v) is 16.0. The van der Waals surface area contributed by atoms with E-state index in [-0.39, 0.29) is 11.9 Å². The van der Waals surface area contributed by atoms with E-state index in [0.29, 0.717) is 29.2 Å². The van der Waals surface area contributed by atoms with E-state index in [0.717, 1.165) is 11.1 Å². The molecule has 0 aromatic heterocycles. The minimum absolute atomic E-state index is 0.0823. The normalized spacial score (nSPS) is 10.1. The summed E-state index contributed by atoms with van der Waals surface area (Å²) in [6.07, 6.45) is 0. The van der Waals surface area contributed by atoms with Gasteiger partial charge in [-0.05, 0) is 35.4 Å². The summed E-state index contributed by atoms with van der Waals surface area (Å²) >= 11 is 1.46. The quantitative estimate of drug-likeness (QED) is 0.702. The van der Waals surface area contributed by atoms with E-state index < -0.39 is 5.97 Å². The van der Waals surface area contributed by atoms with Crippen LogP contribution in [0.4, 0.5) is 0 Å². The summed E-state index contributed by atoms with van der Waals surface area (Å²) < 4.78 is 9.34. The second kappa shape index (κ2) is 10.4. The third kappa shape index (κ3) is 6.45. The molecule has 0 unspecified atom stereocenters. The number of carbonyl (C=O) groups excluding carboxylic acids is 3. The average molecular weight is 387 g/mol. The zero-order valence-electron chi connectivity index (χ0n) is 15.2. The Hall–Kier alpha value is -2.80. The molecule has 1 N–H and O–H groups in total. The largest absolute Gasteiger partial charge is 0.465 e. The van der Waals surface area contributed by atoms with Crippen LogP contribution >= 0.6 is 11.8 Å². The first-order valence-corrected chi connectivity index (χ1v) is 9.38. The molecule has 0 atom stereocenters. The van der Waals surface area contributed by atoms with Crippen LogP contribution in [0.2, 0.25) is 0 Å². The van der Waals surface area contributed by atoms with E-state index in [4.69, 9.17) is 4.74 Å². The number of thioether (sulfide) groups is 1. The number of nitrogens with one attached hydrogen (secondary N) is 1. The molecule has 0 heterocycles. The molecule has 2 rings (SSSR count). The van der Waals surface area contributed by atoms with Gasteiger partial charge in [-0.1, -0.05) is 24.3 Å². The average Bonchev–Trinajstić information content (AvgIpc) is 2.71. The minimum atomic E-state index is -0.391. The predicted octanol–water partition coefficient (Wildman–Crippen LogP) is 2.81. The third-order valence-electron chi connectivity index (χ3n) is 3.71. The van der Waals surface area contributed by atoms with Gasteiger partial charge in [0.15, 0.2) is 0 Å². The number of esters is 2. The molecule has 0 aliphatic heterocycles. The fraction of sp³-hybridized carbons (Fsp3) is 0.250. The zero-order chi connectivity index (χ0) is 19.6. The van der Waals surface area contributed by atoms with Crippen LogP contribution in [0, 0.1) is 0 Å². The van der Waals surface area contributed by atoms with Crippen LogP contribution < -0.4 is 5.32 Å². The molecule has 0 saturated heterocycles. The van der Waals surface area contributed by atoms with Crippen molar-refractivity contribution in [1.82, 2.24) is 5.32 Å². The summed E-state index contributed by atoms with van der Waals surface area (Å²) in [6.45, 7) is 0.388. The Kier molecular flexibility index (Phi) is 7.88. The standard InChI is InChI=1S/C20H21NO5S/c1-25-19(23)16-8-6-14(7-9-16)11-21-18(22)13-27-12-15-4-3-5-17(10-15)20(24)26-2/h3-10H,11-13H2,1-2H3,(H,21,22). The van der Waals surface area contributed by atoms with E-state index in [1.165, 1.54) is 26.0 Å². The molecular weight excluding hydrogens is 366 g/mol. The van der Waals surface area contributed by atoms with Gasteiger partial charge in [-0.25, -0.2) is 9.59 Å². The lowest BCUT2D eigenvalue weighted by Gasteiger charge is -2.07. The van der Waals surface area contributed by atoms with Crippen LogP contribution in [0.3, 0.4) is 0 Å². The molecule has 0 fully saturated rings. The molecule has 0 bridgehead atoms. The van der Waals surface area contributed by atoms with Crippen LogP contribution in [-0.4, -0.2) is 37.8 Å². The number of hydrogen-bond donors (Lipinski definition) is 1. The van der Waals surface area contributed by atoms with Gasteiger partial charge in [-0.3, -0.25) is 4.79 Å². The van der Waals surface area contributed by atoms with Gasteiger partial charge in [0.25, 0.3) is 0 Å². The molecule has 0 radical (unpaired) electrons. The van der Waals surface area contributed by atoms with E-state index in [9.17, 15) is 14.4 Å². The van der Waals surface area contributed by atoms with Crippen molar-refractivity contribution < 1.29 is 23.9 Å². The van der Waals surface area contributed by atoms with Crippen LogP contribution in [0.15, 0.2) is 48.5 Å². The van der Waals surface area contributed by atoms with Crippen molar-refractivity contribution in [3.63, 3.8) is 0 Å². The molecule has 0 aliphatic rings.